The Morgan fingerprint density at radius 2 is 0.967 bits per heavy atom. The fraction of sp³-hybridized carbons (Fsp3) is 0.0172. The minimum absolute atomic E-state index is 0.544. The van der Waals surface area contributed by atoms with Gasteiger partial charge in [-0.2, -0.15) is 0 Å². The number of rotatable bonds is 7. The van der Waals surface area contributed by atoms with Crippen molar-refractivity contribution >= 4 is 49.9 Å². The molecule has 12 rings (SSSR count). The predicted molar refractivity (Wildman–Crippen MR) is 252 cm³/mol. The molecule has 0 saturated carbocycles. The van der Waals surface area contributed by atoms with E-state index in [0.717, 1.165) is 55.5 Å². The summed E-state index contributed by atoms with van der Waals surface area (Å²) in [6.07, 6.45) is 1.96. The highest BCUT2D eigenvalue weighted by Gasteiger charge is 2.46. The first-order chi connectivity index (χ1) is 30.2. The van der Waals surface area contributed by atoms with Gasteiger partial charge in [0, 0.05) is 16.6 Å². The van der Waals surface area contributed by atoms with Crippen molar-refractivity contribution in [3.05, 3.63) is 253 Å². The van der Waals surface area contributed by atoms with Crippen molar-refractivity contribution in [3.8, 4) is 33.4 Å². The van der Waals surface area contributed by atoms with Crippen molar-refractivity contribution < 1.29 is 4.42 Å². The lowest BCUT2D eigenvalue weighted by Crippen LogP contribution is -2.28. The predicted octanol–water partition coefficient (Wildman–Crippen LogP) is 15.3. The van der Waals surface area contributed by atoms with Gasteiger partial charge >= 0.3 is 0 Å². The molecule has 0 N–H and O–H groups in total. The minimum Gasteiger partial charge on any atom is -0.438 e. The third-order valence-corrected chi connectivity index (χ3v) is 12.6. The normalized spacial score (nSPS) is 12.7. The topological polar surface area (TPSA) is 29.3 Å². The Morgan fingerprint density at radius 3 is 1.66 bits per heavy atom. The highest BCUT2D eigenvalue weighted by atomic mass is 16.3. The first-order valence-electron chi connectivity index (χ1n) is 20.9. The van der Waals surface area contributed by atoms with Gasteiger partial charge < -0.3 is 9.32 Å². The molecular formula is C58H38N2O. The number of nitrogens with zero attached hydrogens (tertiary/aromatic N) is 2. The smallest absolute Gasteiger partial charge is 0.227 e. The van der Waals surface area contributed by atoms with E-state index in [9.17, 15) is 0 Å². The van der Waals surface area contributed by atoms with Crippen LogP contribution >= 0.6 is 0 Å². The van der Waals surface area contributed by atoms with E-state index in [2.05, 4.69) is 229 Å². The number of hydrogen-bond acceptors (Lipinski definition) is 3. The van der Waals surface area contributed by atoms with Crippen molar-refractivity contribution in [2.75, 3.05) is 4.90 Å². The summed E-state index contributed by atoms with van der Waals surface area (Å²) >= 11 is 0. The number of aromatic nitrogens is 1. The molecule has 0 radical (unpaired) electrons. The van der Waals surface area contributed by atoms with Crippen molar-refractivity contribution in [1.29, 1.82) is 0 Å². The number of anilines is 3. The maximum Gasteiger partial charge on any atom is 0.227 e. The van der Waals surface area contributed by atoms with E-state index in [4.69, 9.17) is 9.40 Å². The zero-order chi connectivity index (χ0) is 40.3. The Bertz CT molecular complexity index is 3350. The molecule has 2 heterocycles. The highest BCUT2D eigenvalue weighted by molar-refractivity contribution is 6.10. The number of furan rings is 1. The second kappa shape index (κ2) is 14.1. The zero-order valence-electron chi connectivity index (χ0n) is 33.2. The van der Waals surface area contributed by atoms with Gasteiger partial charge in [-0.05, 0) is 103 Å². The molecule has 11 aromatic rings. The summed E-state index contributed by atoms with van der Waals surface area (Å²) in [4.78, 5) is 7.44. The summed E-state index contributed by atoms with van der Waals surface area (Å²) in [5.41, 5.74) is 16.0. The van der Waals surface area contributed by atoms with E-state index in [-0.39, 0.29) is 0 Å². The third-order valence-electron chi connectivity index (χ3n) is 12.6. The van der Waals surface area contributed by atoms with Gasteiger partial charge in [0.2, 0.25) is 5.71 Å². The van der Waals surface area contributed by atoms with E-state index in [1.807, 2.05) is 6.20 Å². The first-order valence-corrected chi connectivity index (χ1v) is 20.9. The number of pyridine rings is 1. The summed E-state index contributed by atoms with van der Waals surface area (Å²) in [7, 11) is 0. The Kier molecular flexibility index (Phi) is 8.07. The van der Waals surface area contributed by atoms with E-state index >= 15 is 0 Å². The van der Waals surface area contributed by atoms with Crippen molar-refractivity contribution in [2.45, 2.75) is 5.41 Å². The Morgan fingerprint density at radius 1 is 0.393 bits per heavy atom. The van der Waals surface area contributed by atoms with Gasteiger partial charge in [0.25, 0.3) is 0 Å². The molecule has 286 valence electrons. The van der Waals surface area contributed by atoms with E-state index in [1.54, 1.807) is 0 Å². The lowest BCUT2D eigenvalue weighted by atomic mass is 9.67. The SMILES string of the molecule is c1ccc(-c2ccc(N(c3cnc4oc5cc6ccccc6cc5c4c3)c3cc4c(cc3-c3ccccc3)C(c3ccccc3)(c3ccccc3)c3ccccc3-4)cc2)cc1. The molecule has 1 aliphatic carbocycles. The fourth-order valence-electron chi connectivity index (χ4n) is 9.83. The molecule has 0 fully saturated rings. The number of benzene rings is 9. The van der Waals surface area contributed by atoms with Gasteiger partial charge in [0.1, 0.15) is 5.58 Å². The second-order valence-electron chi connectivity index (χ2n) is 15.9. The molecule has 0 unspecified atom stereocenters. The van der Waals surface area contributed by atoms with Crippen LogP contribution in [0.5, 0.6) is 0 Å². The van der Waals surface area contributed by atoms with Crippen LogP contribution in [-0.4, -0.2) is 4.98 Å². The molecule has 0 spiro atoms. The molecule has 61 heavy (non-hydrogen) atoms. The molecular weight excluding hydrogens is 741 g/mol. The van der Waals surface area contributed by atoms with Gasteiger partial charge in [0.15, 0.2) is 0 Å². The molecule has 3 nitrogen and oxygen atoms in total. The van der Waals surface area contributed by atoms with E-state index in [1.165, 1.54) is 44.3 Å². The molecule has 0 atom stereocenters. The third kappa shape index (κ3) is 5.55. The largest absolute Gasteiger partial charge is 0.438 e. The first kappa shape index (κ1) is 35.0. The molecule has 0 aliphatic heterocycles. The van der Waals surface area contributed by atoms with Gasteiger partial charge in [-0.15, -0.1) is 0 Å². The quantitative estimate of drug-likeness (QED) is 0.161. The average Bonchev–Trinajstić information content (AvgIpc) is 3.84. The Labute approximate surface area is 354 Å². The van der Waals surface area contributed by atoms with Crippen molar-refractivity contribution in [3.63, 3.8) is 0 Å². The molecule has 0 amide bonds. The number of fused-ring (bicyclic) bond motifs is 7. The summed E-state index contributed by atoms with van der Waals surface area (Å²) < 4.78 is 6.44. The van der Waals surface area contributed by atoms with Crippen LogP contribution in [0.1, 0.15) is 22.3 Å². The van der Waals surface area contributed by atoms with Crippen LogP contribution in [0, 0.1) is 0 Å². The van der Waals surface area contributed by atoms with E-state index in [0.29, 0.717) is 5.71 Å². The maximum absolute atomic E-state index is 6.44. The van der Waals surface area contributed by atoms with Crippen LogP contribution < -0.4 is 4.90 Å². The van der Waals surface area contributed by atoms with Gasteiger partial charge in [-0.3, -0.25) is 0 Å². The standard InChI is InChI=1S/C58H38N2O/c1-5-17-39(18-6-1)40-29-31-46(32-30-40)60(47-35-52-51-33-42-21-13-14-22-43(42)34-56(51)61-57(52)59-38-47)55-37-50-48-27-15-16-28-53(48)58(44-23-9-3-10-24-44,45-25-11-4-12-26-45)54(50)36-49(55)41-19-7-2-8-20-41/h1-38H. The number of hydrogen-bond donors (Lipinski definition) is 0. The van der Waals surface area contributed by atoms with Crippen LogP contribution in [0.25, 0.3) is 66.2 Å². The van der Waals surface area contributed by atoms with Crippen LogP contribution in [0.4, 0.5) is 17.1 Å². The van der Waals surface area contributed by atoms with Crippen molar-refractivity contribution in [1.82, 2.24) is 4.98 Å². The summed E-state index contributed by atoms with van der Waals surface area (Å²) in [5.74, 6) is 0. The molecule has 9 aromatic carbocycles. The average molecular weight is 779 g/mol. The molecule has 0 bridgehead atoms. The lowest BCUT2D eigenvalue weighted by molar-refractivity contribution is 0.654. The van der Waals surface area contributed by atoms with Crippen LogP contribution in [-0.2, 0) is 5.41 Å². The Balaban J connectivity index is 1.16. The summed E-state index contributed by atoms with van der Waals surface area (Å²) in [6, 6.07) is 81.3. The minimum atomic E-state index is -0.544. The highest BCUT2D eigenvalue weighted by Crippen LogP contribution is 2.59. The Hall–Kier alpha value is -8.01. The maximum atomic E-state index is 6.44. The zero-order valence-corrected chi connectivity index (χ0v) is 33.2. The lowest BCUT2D eigenvalue weighted by Gasteiger charge is -2.35. The summed E-state index contributed by atoms with van der Waals surface area (Å²) in [5, 5.41) is 4.33. The summed E-state index contributed by atoms with van der Waals surface area (Å²) in [6.45, 7) is 0. The monoisotopic (exact) mass is 778 g/mol. The molecule has 0 saturated heterocycles. The van der Waals surface area contributed by atoms with Crippen molar-refractivity contribution in [2.24, 2.45) is 0 Å². The van der Waals surface area contributed by atoms with Crippen LogP contribution in [0.15, 0.2) is 235 Å². The fourth-order valence-corrected chi connectivity index (χ4v) is 9.83. The van der Waals surface area contributed by atoms with Crippen LogP contribution in [0.3, 0.4) is 0 Å². The van der Waals surface area contributed by atoms with Gasteiger partial charge in [0.05, 0.1) is 28.4 Å². The van der Waals surface area contributed by atoms with E-state index < -0.39 is 5.41 Å². The van der Waals surface area contributed by atoms with Gasteiger partial charge in [-0.25, -0.2) is 4.98 Å². The molecule has 3 heteroatoms. The molecule has 2 aromatic heterocycles. The second-order valence-corrected chi connectivity index (χ2v) is 15.9. The molecule has 1 aliphatic rings. The van der Waals surface area contributed by atoms with Gasteiger partial charge in [-0.1, -0.05) is 182 Å². The van der Waals surface area contributed by atoms with Crippen LogP contribution in [0.2, 0.25) is 0 Å².